The van der Waals surface area contributed by atoms with Gasteiger partial charge in [0.2, 0.25) is 11.8 Å². The van der Waals surface area contributed by atoms with Crippen molar-refractivity contribution in [2.45, 2.75) is 19.4 Å². The summed E-state index contributed by atoms with van der Waals surface area (Å²) in [6.45, 7) is 3.14. The molecule has 5 heteroatoms. The first kappa shape index (κ1) is 9.98. The molecule has 0 bridgehead atoms. The van der Waals surface area contributed by atoms with Crippen molar-refractivity contribution in [2.24, 2.45) is 11.7 Å². The molecule has 0 aromatic rings. The Hall–Kier alpha value is -1.10. The van der Waals surface area contributed by atoms with Crippen LogP contribution < -0.4 is 16.4 Å². The summed E-state index contributed by atoms with van der Waals surface area (Å²) >= 11 is 0. The first-order valence-electron chi connectivity index (χ1n) is 4.41. The highest BCUT2D eigenvalue weighted by atomic mass is 16.2. The molecule has 13 heavy (non-hydrogen) atoms. The Bertz CT molecular complexity index is 211. The maximum Gasteiger partial charge on any atom is 0.239 e. The number of amides is 2. The lowest BCUT2D eigenvalue weighted by molar-refractivity contribution is -0.129. The van der Waals surface area contributed by atoms with E-state index in [0.717, 1.165) is 13.0 Å². The average molecular weight is 185 g/mol. The summed E-state index contributed by atoms with van der Waals surface area (Å²) in [6, 6.07) is -0.576. The molecule has 0 aromatic heterocycles. The van der Waals surface area contributed by atoms with Crippen molar-refractivity contribution < 1.29 is 9.59 Å². The molecule has 0 saturated carbocycles. The van der Waals surface area contributed by atoms with Gasteiger partial charge in [-0.15, -0.1) is 0 Å². The fourth-order valence-electron chi connectivity index (χ4n) is 1.28. The molecular formula is C8H15N3O2. The summed E-state index contributed by atoms with van der Waals surface area (Å²) in [6.07, 6.45) is 0.831. The number of hydrogen-bond donors (Lipinski definition) is 3. The van der Waals surface area contributed by atoms with Crippen LogP contribution in [0.15, 0.2) is 0 Å². The van der Waals surface area contributed by atoms with Crippen molar-refractivity contribution in [3.63, 3.8) is 0 Å². The van der Waals surface area contributed by atoms with Gasteiger partial charge >= 0.3 is 0 Å². The Morgan fingerprint density at radius 1 is 1.62 bits per heavy atom. The van der Waals surface area contributed by atoms with E-state index in [1.54, 1.807) is 6.92 Å². The minimum absolute atomic E-state index is 0.0122. The van der Waals surface area contributed by atoms with Gasteiger partial charge in [0.1, 0.15) is 6.04 Å². The highest BCUT2D eigenvalue weighted by Gasteiger charge is 2.24. The van der Waals surface area contributed by atoms with Crippen LogP contribution in [0, 0.1) is 5.92 Å². The predicted octanol–water partition coefficient (Wildman–Crippen LogP) is -1.41. The topological polar surface area (TPSA) is 84.2 Å². The van der Waals surface area contributed by atoms with Gasteiger partial charge in [0.25, 0.3) is 0 Å². The summed E-state index contributed by atoms with van der Waals surface area (Å²) in [4.78, 5) is 22.0. The smallest absolute Gasteiger partial charge is 0.239 e. The third kappa shape index (κ3) is 2.69. The molecule has 1 aliphatic heterocycles. The number of carbonyl (C=O) groups is 2. The Kier molecular flexibility index (Phi) is 3.25. The van der Waals surface area contributed by atoms with Gasteiger partial charge in [0.05, 0.1) is 5.92 Å². The van der Waals surface area contributed by atoms with Gasteiger partial charge in [-0.25, -0.2) is 0 Å². The zero-order chi connectivity index (χ0) is 9.84. The van der Waals surface area contributed by atoms with Crippen LogP contribution in [0.1, 0.15) is 13.3 Å². The quantitative estimate of drug-likeness (QED) is 0.505. The summed E-state index contributed by atoms with van der Waals surface area (Å²) in [5.41, 5.74) is 5.01. The lowest BCUT2D eigenvalue weighted by Gasteiger charge is -2.13. The number of nitrogens with one attached hydrogen (secondary N) is 2. The molecule has 0 aliphatic carbocycles. The molecule has 2 atom stereocenters. The van der Waals surface area contributed by atoms with Crippen LogP contribution in [0.5, 0.6) is 0 Å². The second kappa shape index (κ2) is 4.23. The van der Waals surface area contributed by atoms with E-state index in [-0.39, 0.29) is 11.8 Å². The summed E-state index contributed by atoms with van der Waals surface area (Å²) in [5, 5.41) is 5.65. The largest absolute Gasteiger partial charge is 0.368 e. The van der Waals surface area contributed by atoms with Crippen LogP contribution in [0.25, 0.3) is 0 Å². The van der Waals surface area contributed by atoms with Crippen LogP contribution in [0.4, 0.5) is 0 Å². The van der Waals surface area contributed by atoms with Crippen molar-refractivity contribution in [1.82, 2.24) is 10.6 Å². The van der Waals surface area contributed by atoms with Crippen LogP contribution in [0.2, 0.25) is 0 Å². The van der Waals surface area contributed by atoms with Crippen molar-refractivity contribution >= 4 is 11.8 Å². The predicted molar refractivity (Wildman–Crippen MR) is 47.8 cm³/mol. The molecule has 2 amide bonds. The van der Waals surface area contributed by atoms with Crippen LogP contribution in [-0.4, -0.2) is 30.9 Å². The van der Waals surface area contributed by atoms with Crippen LogP contribution >= 0.6 is 0 Å². The first-order chi connectivity index (χ1) is 6.11. The lowest BCUT2D eigenvalue weighted by atomic mass is 10.1. The second-order valence-electron chi connectivity index (χ2n) is 3.32. The molecule has 1 heterocycles. The molecule has 1 saturated heterocycles. The molecule has 1 aliphatic rings. The Morgan fingerprint density at radius 2 is 2.31 bits per heavy atom. The second-order valence-corrected chi connectivity index (χ2v) is 3.32. The van der Waals surface area contributed by atoms with Gasteiger partial charge in [-0.2, -0.15) is 0 Å². The molecule has 0 spiro atoms. The van der Waals surface area contributed by atoms with E-state index in [0.29, 0.717) is 6.54 Å². The van der Waals surface area contributed by atoms with Crippen LogP contribution in [0.3, 0.4) is 0 Å². The van der Waals surface area contributed by atoms with Gasteiger partial charge in [-0.3, -0.25) is 9.59 Å². The molecule has 4 N–H and O–H groups in total. The molecule has 74 valence electrons. The number of primary amides is 1. The molecule has 1 rings (SSSR count). The van der Waals surface area contributed by atoms with Crippen molar-refractivity contribution in [3.8, 4) is 0 Å². The SMILES string of the molecule is C[C@H](NC(=O)[C@@H]1CCNC1)C(N)=O. The monoisotopic (exact) mass is 185 g/mol. The van der Waals surface area contributed by atoms with Gasteiger partial charge in [0, 0.05) is 6.54 Å². The number of hydrogen-bond acceptors (Lipinski definition) is 3. The van der Waals surface area contributed by atoms with E-state index in [2.05, 4.69) is 10.6 Å². The molecule has 5 nitrogen and oxygen atoms in total. The molecule has 0 radical (unpaired) electrons. The fourth-order valence-corrected chi connectivity index (χ4v) is 1.28. The maximum atomic E-state index is 11.4. The first-order valence-corrected chi connectivity index (χ1v) is 4.41. The number of rotatable bonds is 3. The number of nitrogens with two attached hydrogens (primary N) is 1. The van der Waals surface area contributed by atoms with Crippen molar-refractivity contribution in [1.29, 1.82) is 0 Å². The molecule has 0 unspecified atom stereocenters. The molecular weight excluding hydrogens is 170 g/mol. The Labute approximate surface area is 77.1 Å². The van der Waals surface area contributed by atoms with E-state index in [4.69, 9.17) is 5.73 Å². The third-order valence-corrected chi connectivity index (χ3v) is 2.22. The lowest BCUT2D eigenvalue weighted by Crippen LogP contribution is -2.45. The van der Waals surface area contributed by atoms with E-state index < -0.39 is 11.9 Å². The van der Waals surface area contributed by atoms with Crippen molar-refractivity contribution in [2.75, 3.05) is 13.1 Å². The van der Waals surface area contributed by atoms with Gasteiger partial charge in [-0.1, -0.05) is 0 Å². The highest BCUT2D eigenvalue weighted by Crippen LogP contribution is 2.07. The minimum Gasteiger partial charge on any atom is -0.368 e. The fraction of sp³-hybridized carbons (Fsp3) is 0.750. The van der Waals surface area contributed by atoms with Crippen molar-refractivity contribution in [3.05, 3.63) is 0 Å². The van der Waals surface area contributed by atoms with E-state index in [9.17, 15) is 9.59 Å². The standard InChI is InChI=1S/C8H15N3O2/c1-5(7(9)12)11-8(13)6-2-3-10-4-6/h5-6,10H,2-4H2,1H3,(H2,9,12)(H,11,13)/t5-,6+/m0/s1. The molecule has 1 fully saturated rings. The maximum absolute atomic E-state index is 11.4. The van der Waals surface area contributed by atoms with Crippen LogP contribution in [-0.2, 0) is 9.59 Å². The number of carbonyl (C=O) groups excluding carboxylic acids is 2. The summed E-state index contributed by atoms with van der Waals surface area (Å²) < 4.78 is 0. The van der Waals surface area contributed by atoms with Gasteiger partial charge in [0.15, 0.2) is 0 Å². The normalized spacial score (nSPS) is 23.9. The third-order valence-electron chi connectivity index (χ3n) is 2.22. The van der Waals surface area contributed by atoms with E-state index in [1.165, 1.54) is 0 Å². The highest BCUT2D eigenvalue weighted by molar-refractivity contribution is 5.87. The Morgan fingerprint density at radius 3 is 2.77 bits per heavy atom. The van der Waals surface area contributed by atoms with Gasteiger partial charge in [-0.05, 0) is 19.9 Å². The average Bonchev–Trinajstić information content (AvgIpc) is 2.55. The zero-order valence-electron chi connectivity index (χ0n) is 7.67. The Balaban J connectivity index is 2.35. The van der Waals surface area contributed by atoms with E-state index in [1.807, 2.05) is 0 Å². The summed E-state index contributed by atoms with van der Waals surface area (Å²) in [7, 11) is 0. The molecule has 0 aromatic carbocycles. The summed E-state index contributed by atoms with van der Waals surface area (Å²) in [5.74, 6) is -0.600. The van der Waals surface area contributed by atoms with Gasteiger partial charge < -0.3 is 16.4 Å². The van der Waals surface area contributed by atoms with E-state index >= 15 is 0 Å². The zero-order valence-corrected chi connectivity index (χ0v) is 7.67. The minimum atomic E-state index is -0.576.